The van der Waals surface area contributed by atoms with Crippen molar-refractivity contribution in [3.63, 3.8) is 0 Å². The quantitative estimate of drug-likeness (QED) is 0.556. The lowest BCUT2D eigenvalue weighted by atomic mass is 10.5. The SMILES string of the molecule is POc1cc(Br)cnc1Cl. The van der Waals surface area contributed by atoms with Crippen molar-refractivity contribution >= 4 is 37.0 Å². The molecule has 0 amide bonds. The minimum absolute atomic E-state index is 0.359. The molecular formula is C5H4BrClNOP. The highest BCUT2D eigenvalue weighted by molar-refractivity contribution is 9.10. The van der Waals surface area contributed by atoms with Crippen LogP contribution in [0.5, 0.6) is 5.75 Å². The van der Waals surface area contributed by atoms with Crippen LogP contribution in [-0.2, 0) is 0 Å². The first-order chi connectivity index (χ1) is 4.74. The molecule has 0 spiro atoms. The number of aromatic nitrogens is 1. The Balaban J connectivity index is 3.09. The minimum Gasteiger partial charge on any atom is -0.477 e. The lowest BCUT2D eigenvalue weighted by molar-refractivity contribution is 0.641. The smallest absolute Gasteiger partial charge is 0.171 e. The van der Waals surface area contributed by atoms with Gasteiger partial charge in [0.1, 0.15) is 0 Å². The van der Waals surface area contributed by atoms with Crippen LogP contribution in [0.25, 0.3) is 0 Å². The first-order valence-electron chi connectivity index (χ1n) is 2.42. The first kappa shape index (κ1) is 8.25. The standard InChI is InChI=1S/C5H4BrClNOP/c6-3-1-4(9-10)5(7)8-2-3/h1-2H,10H2. The zero-order valence-corrected chi connectivity index (χ0v) is 8.34. The number of rotatable bonds is 1. The molecule has 1 aromatic heterocycles. The normalized spacial score (nSPS) is 9.50. The second kappa shape index (κ2) is 3.51. The molecule has 0 saturated heterocycles. The van der Waals surface area contributed by atoms with Gasteiger partial charge < -0.3 is 4.52 Å². The van der Waals surface area contributed by atoms with E-state index in [1.165, 1.54) is 0 Å². The summed E-state index contributed by atoms with van der Waals surface area (Å²) in [6, 6.07) is 1.74. The van der Waals surface area contributed by atoms with Crippen LogP contribution in [-0.4, -0.2) is 4.98 Å². The molecule has 1 heterocycles. The van der Waals surface area contributed by atoms with Gasteiger partial charge in [-0.1, -0.05) is 11.6 Å². The molecule has 1 atom stereocenters. The van der Waals surface area contributed by atoms with Gasteiger partial charge in [-0.25, -0.2) is 4.98 Å². The highest BCUT2D eigenvalue weighted by Gasteiger charge is 2.00. The second-order valence-electron chi connectivity index (χ2n) is 1.56. The van der Waals surface area contributed by atoms with E-state index < -0.39 is 0 Å². The highest BCUT2D eigenvalue weighted by Crippen LogP contribution is 2.26. The monoisotopic (exact) mass is 239 g/mol. The van der Waals surface area contributed by atoms with E-state index in [9.17, 15) is 0 Å². The zero-order valence-electron chi connectivity index (χ0n) is 4.84. The number of nitrogens with zero attached hydrogens (tertiary/aromatic N) is 1. The molecule has 0 N–H and O–H groups in total. The molecule has 1 rings (SSSR count). The molecular weight excluding hydrogens is 236 g/mol. The van der Waals surface area contributed by atoms with Gasteiger partial charge in [-0.3, -0.25) is 0 Å². The number of hydrogen-bond donors (Lipinski definition) is 0. The van der Waals surface area contributed by atoms with E-state index in [0.29, 0.717) is 10.9 Å². The average molecular weight is 240 g/mol. The molecule has 0 aliphatic carbocycles. The maximum atomic E-state index is 5.63. The Kier molecular flexibility index (Phi) is 2.90. The largest absolute Gasteiger partial charge is 0.477 e. The Hall–Kier alpha value is 0.150. The lowest BCUT2D eigenvalue weighted by Gasteiger charge is -1.99. The van der Waals surface area contributed by atoms with E-state index >= 15 is 0 Å². The summed E-state index contributed by atoms with van der Waals surface area (Å²) in [5, 5.41) is 0.359. The predicted molar refractivity (Wildman–Crippen MR) is 47.3 cm³/mol. The van der Waals surface area contributed by atoms with Gasteiger partial charge in [0.2, 0.25) is 0 Å². The third-order valence-corrected chi connectivity index (χ3v) is 1.87. The van der Waals surface area contributed by atoms with Crippen molar-refractivity contribution in [2.75, 3.05) is 0 Å². The van der Waals surface area contributed by atoms with Crippen molar-refractivity contribution in [3.8, 4) is 5.75 Å². The van der Waals surface area contributed by atoms with Crippen molar-refractivity contribution in [3.05, 3.63) is 21.9 Å². The molecule has 0 saturated carbocycles. The van der Waals surface area contributed by atoms with Crippen molar-refractivity contribution in [1.82, 2.24) is 4.98 Å². The van der Waals surface area contributed by atoms with Crippen LogP contribution in [0.3, 0.4) is 0 Å². The molecule has 54 valence electrons. The van der Waals surface area contributed by atoms with E-state index in [4.69, 9.17) is 16.1 Å². The van der Waals surface area contributed by atoms with Crippen LogP contribution >= 0.6 is 37.0 Å². The fourth-order valence-electron chi connectivity index (χ4n) is 0.487. The molecule has 1 unspecified atom stereocenters. The van der Waals surface area contributed by atoms with Crippen molar-refractivity contribution in [1.29, 1.82) is 0 Å². The van der Waals surface area contributed by atoms with Gasteiger partial charge >= 0.3 is 0 Å². The summed E-state index contributed by atoms with van der Waals surface area (Å²) >= 11 is 8.85. The molecule has 5 heteroatoms. The van der Waals surface area contributed by atoms with Crippen LogP contribution < -0.4 is 4.52 Å². The topological polar surface area (TPSA) is 22.1 Å². The molecule has 1 aromatic rings. The summed E-state index contributed by atoms with van der Waals surface area (Å²) in [7, 11) is 2.10. The van der Waals surface area contributed by atoms with Crippen molar-refractivity contribution < 1.29 is 4.52 Å². The molecule has 0 bridgehead atoms. The molecule has 2 nitrogen and oxygen atoms in total. The summed E-state index contributed by atoms with van der Waals surface area (Å²) in [5.74, 6) is 0.543. The van der Waals surface area contributed by atoms with Crippen LogP contribution in [0, 0.1) is 0 Å². The molecule has 0 aliphatic rings. The van der Waals surface area contributed by atoms with Crippen LogP contribution in [0.1, 0.15) is 0 Å². The summed E-state index contributed by atoms with van der Waals surface area (Å²) in [4.78, 5) is 3.83. The van der Waals surface area contributed by atoms with Gasteiger partial charge in [-0.15, -0.1) is 0 Å². The molecule has 10 heavy (non-hydrogen) atoms. The van der Waals surface area contributed by atoms with E-state index in [1.807, 2.05) is 0 Å². The van der Waals surface area contributed by atoms with Gasteiger partial charge in [0.15, 0.2) is 10.9 Å². The zero-order chi connectivity index (χ0) is 7.56. The van der Waals surface area contributed by atoms with E-state index in [0.717, 1.165) is 4.47 Å². The molecule has 0 fully saturated rings. The summed E-state index contributed by atoms with van der Waals surface area (Å²) in [5.41, 5.74) is 0. The Morgan fingerprint density at radius 3 is 2.90 bits per heavy atom. The van der Waals surface area contributed by atoms with Crippen LogP contribution in [0.4, 0.5) is 0 Å². The maximum Gasteiger partial charge on any atom is 0.171 e. The minimum atomic E-state index is 0.359. The van der Waals surface area contributed by atoms with Crippen LogP contribution in [0.15, 0.2) is 16.7 Å². The second-order valence-corrected chi connectivity index (χ2v) is 3.07. The van der Waals surface area contributed by atoms with E-state index in [1.54, 1.807) is 12.3 Å². The third kappa shape index (κ3) is 1.82. The Morgan fingerprint density at radius 2 is 2.40 bits per heavy atom. The van der Waals surface area contributed by atoms with Crippen LogP contribution in [0.2, 0.25) is 5.15 Å². The Morgan fingerprint density at radius 1 is 1.70 bits per heavy atom. The van der Waals surface area contributed by atoms with Gasteiger partial charge in [0.25, 0.3) is 0 Å². The van der Waals surface area contributed by atoms with Crippen molar-refractivity contribution in [2.24, 2.45) is 0 Å². The molecule has 0 aliphatic heterocycles. The predicted octanol–water partition coefficient (Wildman–Crippen LogP) is 2.67. The fourth-order valence-corrected chi connectivity index (χ4v) is 1.20. The van der Waals surface area contributed by atoms with Crippen molar-refractivity contribution in [2.45, 2.75) is 0 Å². The van der Waals surface area contributed by atoms with Gasteiger partial charge in [0, 0.05) is 10.7 Å². The van der Waals surface area contributed by atoms with Gasteiger partial charge in [-0.05, 0) is 22.0 Å². The Bertz CT molecular complexity index is 245. The van der Waals surface area contributed by atoms with Gasteiger partial charge in [-0.2, -0.15) is 0 Å². The number of hydrogen-bond acceptors (Lipinski definition) is 2. The Labute approximate surface area is 74.4 Å². The van der Waals surface area contributed by atoms with E-state index in [2.05, 4.69) is 30.4 Å². The summed E-state index contributed by atoms with van der Waals surface area (Å²) in [6.45, 7) is 0. The maximum absolute atomic E-state index is 5.63. The summed E-state index contributed by atoms with van der Waals surface area (Å²) in [6.07, 6.45) is 1.61. The number of pyridine rings is 1. The third-order valence-electron chi connectivity index (χ3n) is 0.900. The molecule has 0 radical (unpaired) electrons. The highest BCUT2D eigenvalue weighted by atomic mass is 79.9. The average Bonchev–Trinajstić information content (AvgIpc) is 1.94. The fraction of sp³-hybridized carbons (Fsp3) is 0. The number of halogens is 2. The van der Waals surface area contributed by atoms with Gasteiger partial charge in [0.05, 0.1) is 9.47 Å². The lowest BCUT2D eigenvalue weighted by Crippen LogP contribution is -1.80. The first-order valence-corrected chi connectivity index (χ1v) is 4.06. The summed E-state index contributed by atoms with van der Waals surface area (Å²) < 4.78 is 5.66. The molecule has 0 aromatic carbocycles. The van der Waals surface area contributed by atoms with E-state index in [-0.39, 0.29) is 0 Å².